The van der Waals surface area contributed by atoms with Crippen molar-refractivity contribution in [2.24, 2.45) is 5.10 Å². The summed E-state index contributed by atoms with van der Waals surface area (Å²) < 4.78 is 6.10. The van der Waals surface area contributed by atoms with E-state index in [1.54, 1.807) is 7.11 Å². The molecule has 0 aliphatic heterocycles. The Hall–Kier alpha value is -1.95. The number of hydrogen-bond donors (Lipinski definition) is 1. The molecule has 0 amide bonds. The van der Waals surface area contributed by atoms with E-state index in [9.17, 15) is 0 Å². The predicted octanol–water partition coefficient (Wildman–Crippen LogP) is 3.70. The van der Waals surface area contributed by atoms with Gasteiger partial charge >= 0.3 is 0 Å². The number of aromatic nitrogens is 2. The van der Waals surface area contributed by atoms with Crippen molar-refractivity contribution in [2.45, 2.75) is 20.8 Å². The number of ether oxygens (including phenoxy) is 1. The number of nitrogens with zero attached hydrogens (tertiary/aromatic N) is 3. The molecule has 0 aliphatic rings. The zero-order valence-electron chi connectivity index (χ0n) is 12.4. The summed E-state index contributed by atoms with van der Waals surface area (Å²) in [5.41, 5.74) is 6.53. The minimum atomic E-state index is 0.499. The number of rotatable bonds is 4. The Kier molecular flexibility index (Phi) is 4.90. The summed E-state index contributed by atoms with van der Waals surface area (Å²) in [5.74, 6) is 1.29. The first-order valence-electron chi connectivity index (χ1n) is 6.46. The highest BCUT2D eigenvalue weighted by molar-refractivity contribution is 9.10. The Morgan fingerprint density at radius 3 is 2.43 bits per heavy atom. The molecule has 0 spiro atoms. The van der Waals surface area contributed by atoms with E-state index in [-0.39, 0.29) is 0 Å². The zero-order chi connectivity index (χ0) is 15.4. The highest BCUT2D eigenvalue weighted by atomic mass is 79.9. The lowest BCUT2D eigenvalue weighted by Crippen LogP contribution is -2.04. The van der Waals surface area contributed by atoms with Gasteiger partial charge in [-0.05, 0) is 66.5 Å². The van der Waals surface area contributed by atoms with E-state index in [0.717, 1.165) is 32.9 Å². The summed E-state index contributed by atoms with van der Waals surface area (Å²) in [6.07, 6.45) is 0. The minimum Gasteiger partial charge on any atom is -0.496 e. The number of methoxy groups -OCH3 is 1. The number of hydrogen-bond acceptors (Lipinski definition) is 5. The normalized spacial score (nSPS) is 11.4. The van der Waals surface area contributed by atoms with E-state index < -0.39 is 0 Å². The van der Waals surface area contributed by atoms with E-state index in [0.29, 0.717) is 5.95 Å². The van der Waals surface area contributed by atoms with Gasteiger partial charge in [0.25, 0.3) is 0 Å². The molecule has 0 saturated carbocycles. The van der Waals surface area contributed by atoms with E-state index >= 15 is 0 Å². The van der Waals surface area contributed by atoms with Crippen molar-refractivity contribution >= 4 is 27.6 Å². The van der Waals surface area contributed by atoms with Crippen molar-refractivity contribution in [3.63, 3.8) is 0 Å². The van der Waals surface area contributed by atoms with Crippen LogP contribution < -0.4 is 10.2 Å². The second-order valence-electron chi connectivity index (χ2n) is 4.63. The maximum absolute atomic E-state index is 5.21. The summed E-state index contributed by atoms with van der Waals surface area (Å²) in [5, 5.41) is 4.32. The smallest absolute Gasteiger partial charge is 0.243 e. The maximum Gasteiger partial charge on any atom is 0.243 e. The third-order valence-corrected chi connectivity index (χ3v) is 3.50. The lowest BCUT2D eigenvalue weighted by atomic mass is 10.1. The van der Waals surface area contributed by atoms with Gasteiger partial charge in [-0.1, -0.05) is 0 Å². The summed E-state index contributed by atoms with van der Waals surface area (Å²) in [6.45, 7) is 5.78. The summed E-state index contributed by atoms with van der Waals surface area (Å²) in [7, 11) is 1.64. The maximum atomic E-state index is 5.21. The largest absolute Gasteiger partial charge is 0.496 e. The molecule has 0 saturated heterocycles. The van der Waals surface area contributed by atoms with Gasteiger partial charge in [-0.25, -0.2) is 15.4 Å². The van der Waals surface area contributed by atoms with Crippen LogP contribution in [0, 0.1) is 13.8 Å². The van der Waals surface area contributed by atoms with Crippen LogP contribution in [-0.2, 0) is 0 Å². The summed E-state index contributed by atoms with van der Waals surface area (Å²) >= 11 is 3.47. The summed E-state index contributed by atoms with van der Waals surface area (Å²) in [4.78, 5) is 8.57. The molecule has 0 fully saturated rings. The molecule has 0 aliphatic carbocycles. The number of aryl methyl sites for hydroxylation is 2. The van der Waals surface area contributed by atoms with Crippen LogP contribution in [0.1, 0.15) is 23.9 Å². The topological polar surface area (TPSA) is 59.4 Å². The van der Waals surface area contributed by atoms with Crippen LogP contribution in [0.15, 0.2) is 33.8 Å². The molecule has 0 unspecified atom stereocenters. The van der Waals surface area contributed by atoms with Crippen molar-refractivity contribution < 1.29 is 4.74 Å². The Labute approximate surface area is 132 Å². The van der Waals surface area contributed by atoms with Crippen LogP contribution >= 0.6 is 15.9 Å². The van der Waals surface area contributed by atoms with Crippen molar-refractivity contribution in [1.82, 2.24) is 9.97 Å². The molecular weight excluding hydrogens is 332 g/mol. The average Bonchev–Trinajstić information content (AvgIpc) is 2.43. The lowest BCUT2D eigenvalue weighted by Gasteiger charge is -2.07. The number of halogens is 1. The van der Waals surface area contributed by atoms with Crippen LogP contribution in [0.2, 0.25) is 0 Å². The quantitative estimate of drug-likeness (QED) is 0.675. The van der Waals surface area contributed by atoms with Crippen LogP contribution in [0.25, 0.3) is 0 Å². The fourth-order valence-corrected chi connectivity index (χ4v) is 2.41. The van der Waals surface area contributed by atoms with Crippen molar-refractivity contribution in [1.29, 1.82) is 0 Å². The van der Waals surface area contributed by atoms with E-state index in [1.165, 1.54) is 0 Å². The fourth-order valence-electron chi connectivity index (χ4n) is 1.87. The van der Waals surface area contributed by atoms with Crippen molar-refractivity contribution in [3.8, 4) is 5.75 Å². The molecule has 6 heteroatoms. The Balaban J connectivity index is 2.19. The van der Waals surface area contributed by atoms with Gasteiger partial charge in [-0.15, -0.1) is 0 Å². The van der Waals surface area contributed by atoms with Crippen LogP contribution in [0.4, 0.5) is 5.95 Å². The molecule has 2 aromatic rings. The Morgan fingerprint density at radius 2 is 1.86 bits per heavy atom. The van der Waals surface area contributed by atoms with Gasteiger partial charge in [0.2, 0.25) is 5.95 Å². The number of nitrogens with one attached hydrogen (secondary N) is 1. The van der Waals surface area contributed by atoms with E-state index in [2.05, 4.69) is 36.4 Å². The first-order chi connectivity index (χ1) is 9.99. The molecular formula is C15H17BrN4O. The highest BCUT2D eigenvalue weighted by Gasteiger charge is 2.04. The number of anilines is 1. The van der Waals surface area contributed by atoms with Crippen molar-refractivity contribution in [2.75, 3.05) is 12.5 Å². The molecule has 21 heavy (non-hydrogen) atoms. The van der Waals surface area contributed by atoms with Gasteiger partial charge < -0.3 is 4.74 Å². The van der Waals surface area contributed by atoms with E-state index in [1.807, 2.05) is 45.0 Å². The van der Waals surface area contributed by atoms with Gasteiger partial charge in [0.1, 0.15) is 5.75 Å². The van der Waals surface area contributed by atoms with Gasteiger partial charge in [0, 0.05) is 11.4 Å². The molecule has 2 rings (SSSR count). The average molecular weight is 349 g/mol. The second kappa shape index (κ2) is 6.67. The molecule has 0 atom stereocenters. The first-order valence-corrected chi connectivity index (χ1v) is 7.25. The standard InChI is InChI=1S/C15H17BrN4O/c1-9-7-10(2)18-15(17-9)20-19-11(3)12-5-6-14(21-4)13(16)8-12/h5-8H,1-4H3,(H,17,18,20)/b19-11-. The minimum absolute atomic E-state index is 0.499. The third-order valence-electron chi connectivity index (χ3n) is 2.88. The number of benzene rings is 1. The van der Waals surface area contributed by atoms with Gasteiger partial charge in [0.15, 0.2) is 0 Å². The second-order valence-corrected chi connectivity index (χ2v) is 5.49. The molecule has 0 bridgehead atoms. The molecule has 1 heterocycles. The number of hydrazone groups is 1. The first kappa shape index (κ1) is 15.4. The molecule has 5 nitrogen and oxygen atoms in total. The predicted molar refractivity (Wildman–Crippen MR) is 88.0 cm³/mol. The fraction of sp³-hybridized carbons (Fsp3) is 0.267. The van der Waals surface area contributed by atoms with Gasteiger partial charge in [-0.3, -0.25) is 0 Å². The van der Waals surface area contributed by atoms with Gasteiger partial charge in [-0.2, -0.15) is 5.10 Å². The molecule has 1 aromatic heterocycles. The molecule has 1 N–H and O–H groups in total. The van der Waals surface area contributed by atoms with Crippen LogP contribution in [0.5, 0.6) is 5.75 Å². The molecule has 0 radical (unpaired) electrons. The summed E-state index contributed by atoms with van der Waals surface area (Å²) in [6, 6.07) is 7.72. The van der Waals surface area contributed by atoms with Crippen molar-refractivity contribution in [3.05, 3.63) is 45.7 Å². The Bertz CT molecular complexity index is 665. The monoisotopic (exact) mass is 348 g/mol. The highest BCUT2D eigenvalue weighted by Crippen LogP contribution is 2.25. The van der Waals surface area contributed by atoms with Crippen LogP contribution in [-0.4, -0.2) is 22.8 Å². The van der Waals surface area contributed by atoms with Crippen LogP contribution in [0.3, 0.4) is 0 Å². The molecule has 1 aromatic carbocycles. The lowest BCUT2D eigenvalue weighted by molar-refractivity contribution is 0.412. The molecule has 110 valence electrons. The zero-order valence-corrected chi connectivity index (χ0v) is 14.0. The third kappa shape index (κ3) is 4.01. The van der Waals surface area contributed by atoms with Gasteiger partial charge in [0.05, 0.1) is 17.3 Å². The SMILES string of the molecule is COc1ccc(/C(C)=N\Nc2nc(C)cc(C)n2)cc1Br. The Morgan fingerprint density at radius 1 is 1.19 bits per heavy atom. The van der Waals surface area contributed by atoms with E-state index in [4.69, 9.17) is 4.74 Å².